The van der Waals surface area contributed by atoms with E-state index in [-0.39, 0.29) is 18.7 Å². The minimum absolute atomic E-state index is 0.0194. The first kappa shape index (κ1) is 22.8. The minimum Gasteiger partial charge on any atom is -0.493 e. The molecule has 0 unspecified atom stereocenters. The zero-order valence-electron chi connectivity index (χ0n) is 16.8. The normalized spacial score (nSPS) is 11.0. The lowest BCUT2D eigenvalue weighted by Gasteiger charge is -2.12. The van der Waals surface area contributed by atoms with E-state index in [0.717, 1.165) is 17.4 Å². The molecule has 7 heteroatoms. The summed E-state index contributed by atoms with van der Waals surface area (Å²) in [6, 6.07) is 12.3. The fraction of sp³-hybridized carbons (Fsp3) is 0.261. The molecule has 0 saturated heterocycles. The third-order valence-electron chi connectivity index (χ3n) is 4.13. The average molecular weight is 415 g/mol. The topological polar surface area (TPSA) is 56.8 Å². The monoisotopic (exact) mass is 415 g/mol. The Morgan fingerprint density at radius 3 is 2.57 bits per heavy atom. The Morgan fingerprint density at radius 1 is 1.20 bits per heavy atom. The summed E-state index contributed by atoms with van der Waals surface area (Å²) in [6.45, 7) is -0.716. The molecule has 1 N–H and O–H groups in total. The zero-order chi connectivity index (χ0) is 21.9. The maximum absolute atomic E-state index is 12.6. The first-order chi connectivity index (χ1) is 14.4. The van der Waals surface area contributed by atoms with Gasteiger partial charge in [-0.2, -0.15) is 8.78 Å². The van der Waals surface area contributed by atoms with E-state index in [9.17, 15) is 13.6 Å². The number of amides is 1. The lowest BCUT2D eigenvalue weighted by atomic mass is 10.0. The van der Waals surface area contributed by atoms with Gasteiger partial charge in [-0.1, -0.05) is 41.8 Å². The van der Waals surface area contributed by atoms with Crippen LogP contribution in [0.1, 0.15) is 16.7 Å². The summed E-state index contributed by atoms with van der Waals surface area (Å²) in [7, 11) is 1.52. The van der Waals surface area contributed by atoms with Crippen LogP contribution in [0.2, 0.25) is 0 Å². The number of nitrogens with one attached hydrogen (secondary N) is 1. The third kappa shape index (κ3) is 6.82. The van der Waals surface area contributed by atoms with Crippen LogP contribution in [-0.2, 0) is 16.0 Å². The van der Waals surface area contributed by atoms with Crippen LogP contribution in [0.15, 0.2) is 48.7 Å². The first-order valence-electron chi connectivity index (χ1n) is 9.16. The van der Waals surface area contributed by atoms with Crippen LogP contribution in [-0.4, -0.2) is 32.8 Å². The smallest absolute Gasteiger partial charge is 0.386 e. The molecule has 0 aliphatic rings. The van der Waals surface area contributed by atoms with Gasteiger partial charge >= 0.3 is 6.61 Å². The maximum atomic E-state index is 12.6. The quantitative estimate of drug-likeness (QED) is 0.363. The second-order valence-electron chi connectivity index (χ2n) is 6.28. The molecule has 0 bridgehead atoms. The minimum atomic E-state index is -3.01. The van der Waals surface area contributed by atoms with Gasteiger partial charge in [0, 0.05) is 6.54 Å². The Kier molecular flexibility index (Phi) is 8.70. The molecule has 0 atom stereocenters. The molecule has 158 valence electrons. The van der Waals surface area contributed by atoms with E-state index in [1.165, 1.54) is 7.11 Å². The Balaban J connectivity index is 2.04. The van der Waals surface area contributed by atoms with E-state index in [4.69, 9.17) is 15.9 Å². The molecule has 0 spiro atoms. The fourth-order valence-electron chi connectivity index (χ4n) is 2.63. The van der Waals surface area contributed by atoms with Gasteiger partial charge in [-0.25, -0.2) is 0 Å². The van der Waals surface area contributed by atoms with E-state index in [0.29, 0.717) is 23.5 Å². The Hall–Kier alpha value is -3.53. The standard InChI is InChI=1S/C23H23F2NO4/c1-4-13-29-20-10-7-17(14-21(20)28-3)11-12-26-22(27)19(15-30-23(24)25)18-8-5-16(2)6-9-18/h1,5-10,14-15,23H,11-13H2,2-3H3,(H,26,27). The Bertz CT molecular complexity index is 918. The van der Waals surface area contributed by atoms with Crippen LogP contribution >= 0.6 is 0 Å². The molecule has 2 aromatic carbocycles. The molecule has 2 rings (SSSR count). The average Bonchev–Trinajstić information content (AvgIpc) is 2.73. The van der Waals surface area contributed by atoms with Gasteiger partial charge in [0.1, 0.15) is 12.9 Å². The van der Waals surface area contributed by atoms with Crippen LogP contribution < -0.4 is 14.8 Å². The van der Waals surface area contributed by atoms with E-state index in [1.54, 1.807) is 36.4 Å². The number of carbonyl (C=O) groups excluding carboxylic acids is 1. The Labute approximate surface area is 174 Å². The van der Waals surface area contributed by atoms with Crippen LogP contribution in [0.25, 0.3) is 5.57 Å². The van der Waals surface area contributed by atoms with Crippen molar-refractivity contribution >= 4 is 11.5 Å². The van der Waals surface area contributed by atoms with Crippen molar-refractivity contribution in [1.82, 2.24) is 5.32 Å². The number of benzene rings is 2. The van der Waals surface area contributed by atoms with E-state index < -0.39 is 12.5 Å². The first-order valence-corrected chi connectivity index (χ1v) is 9.16. The van der Waals surface area contributed by atoms with Crippen LogP contribution in [0, 0.1) is 19.3 Å². The molecule has 0 saturated carbocycles. The number of carbonyl (C=O) groups is 1. The van der Waals surface area contributed by atoms with Crippen molar-refractivity contribution in [2.45, 2.75) is 20.0 Å². The summed E-state index contributed by atoms with van der Waals surface area (Å²) in [5, 5.41) is 2.72. The summed E-state index contributed by atoms with van der Waals surface area (Å²) in [5.74, 6) is 2.92. The predicted octanol–water partition coefficient (Wildman–Crippen LogP) is 3.95. The lowest BCUT2D eigenvalue weighted by molar-refractivity contribution is -0.116. The molecule has 1 amide bonds. The number of ether oxygens (including phenoxy) is 3. The highest BCUT2D eigenvalue weighted by Gasteiger charge is 2.14. The highest BCUT2D eigenvalue weighted by Crippen LogP contribution is 2.28. The fourth-order valence-corrected chi connectivity index (χ4v) is 2.63. The summed E-state index contributed by atoms with van der Waals surface area (Å²) in [5.41, 5.74) is 2.38. The number of rotatable bonds is 10. The van der Waals surface area contributed by atoms with Crippen LogP contribution in [0.5, 0.6) is 11.5 Å². The molecule has 5 nitrogen and oxygen atoms in total. The molecule has 2 aromatic rings. The molecular weight excluding hydrogens is 392 g/mol. The summed E-state index contributed by atoms with van der Waals surface area (Å²) < 4.78 is 39.9. The van der Waals surface area contributed by atoms with Gasteiger partial charge in [0.2, 0.25) is 0 Å². The van der Waals surface area contributed by atoms with Gasteiger partial charge in [-0.15, -0.1) is 6.42 Å². The number of aryl methyl sites for hydroxylation is 1. The molecule has 0 fully saturated rings. The predicted molar refractivity (Wildman–Crippen MR) is 110 cm³/mol. The van der Waals surface area contributed by atoms with E-state index in [2.05, 4.69) is 16.0 Å². The van der Waals surface area contributed by atoms with Crippen molar-refractivity contribution in [3.8, 4) is 23.8 Å². The van der Waals surface area contributed by atoms with Gasteiger partial charge in [-0.05, 0) is 36.6 Å². The van der Waals surface area contributed by atoms with Gasteiger partial charge in [-0.3, -0.25) is 4.79 Å². The van der Waals surface area contributed by atoms with E-state index in [1.807, 2.05) is 13.0 Å². The zero-order valence-corrected chi connectivity index (χ0v) is 16.8. The maximum Gasteiger partial charge on any atom is 0.386 e. The third-order valence-corrected chi connectivity index (χ3v) is 4.13. The highest BCUT2D eigenvalue weighted by molar-refractivity contribution is 6.19. The van der Waals surface area contributed by atoms with Crippen molar-refractivity contribution in [3.05, 3.63) is 65.4 Å². The van der Waals surface area contributed by atoms with Gasteiger partial charge in [0.15, 0.2) is 11.5 Å². The number of hydrogen-bond donors (Lipinski definition) is 1. The molecule has 0 aromatic heterocycles. The van der Waals surface area contributed by atoms with Crippen molar-refractivity contribution in [2.24, 2.45) is 0 Å². The van der Waals surface area contributed by atoms with E-state index >= 15 is 0 Å². The van der Waals surface area contributed by atoms with Gasteiger partial charge < -0.3 is 19.5 Å². The van der Waals surface area contributed by atoms with Crippen molar-refractivity contribution in [2.75, 3.05) is 20.3 Å². The highest BCUT2D eigenvalue weighted by atomic mass is 19.3. The molecular formula is C23H23F2NO4. The SMILES string of the molecule is C#CCOc1ccc(CCNC(=O)C(=COC(F)F)c2ccc(C)cc2)cc1OC. The Morgan fingerprint density at radius 2 is 1.93 bits per heavy atom. The van der Waals surface area contributed by atoms with Crippen molar-refractivity contribution < 1.29 is 27.8 Å². The molecule has 0 aliphatic carbocycles. The summed E-state index contributed by atoms with van der Waals surface area (Å²) in [4.78, 5) is 12.6. The lowest BCUT2D eigenvalue weighted by Crippen LogP contribution is -2.27. The number of methoxy groups -OCH3 is 1. The van der Waals surface area contributed by atoms with Crippen molar-refractivity contribution in [1.29, 1.82) is 0 Å². The largest absolute Gasteiger partial charge is 0.493 e. The molecule has 0 heterocycles. The molecule has 30 heavy (non-hydrogen) atoms. The number of terminal acetylenes is 1. The van der Waals surface area contributed by atoms with Gasteiger partial charge in [0.05, 0.1) is 12.7 Å². The summed E-state index contributed by atoms with van der Waals surface area (Å²) >= 11 is 0. The van der Waals surface area contributed by atoms with Crippen LogP contribution in [0.3, 0.4) is 0 Å². The number of halogens is 2. The summed E-state index contributed by atoms with van der Waals surface area (Å²) in [6.07, 6.45) is 6.47. The van der Waals surface area contributed by atoms with Gasteiger partial charge in [0.25, 0.3) is 5.91 Å². The number of alkyl halides is 2. The number of hydrogen-bond acceptors (Lipinski definition) is 4. The second kappa shape index (κ2) is 11.5. The van der Waals surface area contributed by atoms with Crippen molar-refractivity contribution in [3.63, 3.8) is 0 Å². The molecule has 0 radical (unpaired) electrons. The van der Waals surface area contributed by atoms with Crippen LogP contribution in [0.4, 0.5) is 8.78 Å². The molecule has 0 aliphatic heterocycles. The second-order valence-corrected chi connectivity index (χ2v) is 6.28.